The summed E-state index contributed by atoms with van der Waals surface area (Å²) < 4.78 is 0. The van der Waals surface area contributed by atoms with Gasteiger partial charge in [0.2, 0.25) is 0 Å². The van der Waals surface area contributed by atoms with Gasteiger partial charge in [-0.15, -0.1) is 0 Å². The smallest absolute Gasteiger partial charge is 0.304 e. The SMILES string of the molecule is Cc1cc(C(CC(=O)O)C(O)CCCCCO)cc(C(C)(C)C)c1O. The number of aryl methyl sites for hydroxylation is 1. The monoisotopic (exact) mass is 352 g/mol. The number of carboxylic acids is 1. The third kappa shape index (κ3) is 6.33. The molecular weight excluding hydrogens is 320 g/mol. The van der Waals surface area contributed by atoms with Crippen LogP contribution in [0.15, 0.2) is 12.1 Å². The number of hydrogen-bond donors (Lipinski definition) is 4. The lowest BCUT2D eigenvalue weighted by molar-refractivity contribution is -0.138. The number of unbranched alkanes of at least 4 members (excludes halogenated alkanes) is 2. The van der Waals surface area contributed by atoms with Crippen molar-refractivity contribution in [3.8, 4) is 5.75 Å². The van der Waals surface area contributed by atoms with Gasteiger partial charge in [0.25, 0.3) is 0 Å². The number of hydrogen-bond acceptors (Lipinski definition) is 4. The minimum Gasteiger partial charge on any atom is -0.507 e. The molecule has 2 atom stereocenters. The fourth-order valence-corrected chi connectivity index (χ4v) is 3.10. The predicted molar refractivity (Wildman–Crippen MR) is 98.1 cm³/mol. The van der Waals surface area contributed by atoms with Crippen LogP contribution in [0.4, 0.5) is 0 Å². The van der Waals surface area contributed by atoms with Crippen LogP contribution < -0.4 is 0 Å². The van der Waals surface area contributed by atoms with Gasteiger partial charge in [0.1, 0.15) is 5.75 Å². The van der Waals surface area contributed by atoms with Crippen LogP contribution in [0.1, 0.15) is 75.5 Å². The predicted octanol–water partition coefficient (Wildman–Crippen LogP) is 3.47. The zero-order valence-electron chi connectivity index (χ0n) is 15.7. The Morgan fingerprint density at radius 1 is 1.16 bits per heavy atom. The summed E-state index contributed by atoms with van der Waals surface area (Å²) in [7, 11) is 0. The molecule has 0 radical (unpaired) electrons. The molecule has 0 saturated heterocycles. The normalized spacial score (nSPS) is 14.3. The summed E-state index contributed by atoms with van der Waals surface area (Å²) in [5.74, 6) is -1.25. The molecule has 0 heterocycles. The Hall–Kier alpha value is -1.59. The van der Waals surface area contributed by atoms with E-state index in [4.69, 9.17) is 5.11 Å². The Labute approximate surface area is 150 Å². The average molecular weight is 352 g/mol. The summed E-state index contributed by atoms with van der Waals surface area (Å²) in [5, 5.41) is 39.0. The molecule has 0 fully saturated rings. The lowest BCUT2D eigenvalue weighted by Gasteiger charge is -2.27. The number of rotatable bonds is 9. The zero-order chi connectivity index (χ0) is 19.2. The van der Waals surface area contributed by atoms with E-state index in [1.54, 1.807) is 13.0 Å². The van der Waals surface area contributed by atoms with Crippen LogP contribution >= 0.6 is 0 Å². The minimum atomic E-state index is -0.956. The molecule has 0 bridgehead atoms. The molecule has 5 heteroatoms. The highest BCUT2D eigenvalue weighted by Crippen LogP contribution is 2.38. The second-order valence-corrected chi connectivity index (χ2v) is 7.83. The van der Waals surface area contributed by atoms with Crippen LogP contribution in [0, 0.1) is 6.92 Å². The van der Waals surface area contributed by atoms with Gasteiger partial charge in [-0.2, -0.15) is 0 Å². The van der Waals surface area contributed by atoms with E-state index in [1.807, 2.05) is 26.8 Å². The molecule has 25 heavy (non-hydrogen) atoms. The summed E-state index contributed by atoms with van der Waals surface area (Å²) in [5.41, 5.74) is 1.90. The van der Waals surface area contributed by atoms with Crippen LogP contribution in [0.3, 0.4) is 0 Å². The molecule has 142 valence electrons. The molecule has 4 N–H and O–H groups in total. The molecule has 1 aromatic rings. The van der Waals surface area contributed by atoms with E-state index < -0.39 is 18.0 Å². The van der Waals surface area contributed by atoms with Crippen molar-refractivity contribution in [2.24, 2.45) is 0 Å². The first-order valence-electron chi connectivity index (χ1n) is 8.92. The molecule has 0 spiro atoms. The van der Waals surface area contributed by atoms with E-state index in [2.05, 4.69) is 0 Å². The van der Waals surface area contributed by atoms with Gasteiger partial charge >= 0.3 is 5.97 Å². The highest BCUT2D eigenvalue weighted by molar-refractivity contribution is 5.68. The van der Waals surface area contributed by atoms with Crippen molar-refractivity contribution in [2.75, 3.05) is 6.61 Å². The van der Waals surface area contributed by atoms with Crippen molar-refractivity contribution in [1.82, 2.24) is 0 Å². The second kappa shape index (κ2) is 9.20. The average Bonchev–Trinajstić information content (AvgIpc) is 2.50. The summed E-state index contributed by atoms with van der Waals surface area (Å²) in [6.07, 6.45) is 1.78. The van der Waals surface area contributed by atoms with Crippen molar-refractivity contribution in [1.29, 1.82) is 0 Å². The molecule has 5 nitrogen and oxygen atoms in total. The first-order chi connectivity index (χ1) is 11.6. The van der Waals surface area contributed by atoms with Crippen molar-refractivity contribution in [3.05, 3.63) is 28.8 Å². The molecule has 0 amide bonds. The summed E-state index contributed by atoms with van der Waals surface area (Å²) in [4.78, 5) is 11.3. The van der Waals surface area contributed by atoms with Crippen LogP contribution in [0.2, 0.25) is 0 Å². The number of benzene rings is 1. The number of carbonyl (C=O) groups is 1. The molecule has 1 aromatic carbocycles. The fourth-order valence-electron chi connectivity index (χ4n) is 3.10. The van der Waals surface area contributed by atoms with E-state index in [9.17, 15) is 20.1 Å². The topological polar surface area (TPSA) is 98.0 Å². The first-order valence-corrected chi connectivity index (χ1v) is 8.92. The number of aliphatic carboxylic acids is 1. The molecule has 0 aliphatic carbocycles. The van der Waals surface area contributed by atoms with Crippen LogP contribution in [-0.4, -0.2) is 39.1 Å². The van der Waals surface area contributed by atoms with Crippen LogP contribution in [-0.2, 0) is 10.2 Å². The number of aliphatic hydroxyl groups is 2. The number of aliphatic hydroxyl groups excluding tert-OH is 2. The van der Waals surface area contributed by atoms with Gasteiger partial charge in [0, 0.05) is 12.5 Å². The van der Waals surface area contributed by atoms with E-state index in [0.29, 0.717) is 18.4 Å². The molecule has 0 aliphatic heterocycles. The van der Waals surface area contributed by atoms with Gasteiger partial charge in [-0.25, -0.2) is 0 Å². The lowest BCUT2D eigenvalue weighted by Crippen LogP contribution is -2.23. The van der Waals surface area contributed by atoms with Crippen molar-refractivity contribution < 1.29 is 25.2 Å². The Morgan fingerprint density at radius 2 is 1.80 bits per heavy atom. The standard InChI is InChI=1S/C20H32O5/c1-13-10-14(11-16(19(13)25)20(2,3)4)15(12-18(23)24)17(22)8-6-5-7-9-21/h10-11,15,17,21-22,25H,5-9,12H2,1-4H3,(H,23,24). The maximum atomic E-state index is 11.3. The third-order valence-electron chi connectivity index (χ3n) is 4.58. The van der Waals surface area contributed by atoms with Crippen LogP contribution in [0.25, 0.3) is 0 Å². The fraction of sp³-hybridized carbons (Fsp3) is 0.650. The Bertz CT molecular complexity index is 574. The minimum absolute atomic E-state index is 0.126. The zero-order valence-corrected chi connectivity index (χ0v) is 15.7. The van der Waals surface area contributed by atoms with Gasteiger partial charge in [-0.1, -0.05) is 45.7 Å². The summed E-state index contributed by atoms with van der Waals surface area (Å²) >= 11 is 0. The van der Waals surface area contributed by atoms with E-state index in [1.165, 1.54) is 0 Å². The van der Waals surface area contributed by atoms with Crippen molar-refractivity contribution in [2.45, 2.75) is 77.2 Å². The van der Waals surface area contributed by atoms with Crippen molar-refractivity contribution >= 4 is 5.97 Å². The Morgan fingerprint density at radius 3 is 2.32 bits per heavy atom. The molecular formula is C20H32O5. The molecule has 0 saturated carbocycles. The lowest BCUT2D eigenvalue weighted by atomic mass is 9.80. The number of phenolic OH excluding ortho intramolecular Hbond substituents is 1. The maximum absolute atomic E-state index is 11.3. The molecule has 0 aromatic heterocycles. The molecule has 1 rings (SSSR count). The number of carboxylic acid groups (broad SMARTS) is 1. The van der Waals surface area contributed by atoms with Gasteiger partial charge in [-0.3, -0.25) is 4.79 Å². The van der Waals surface area contributed by atoms with Crippen LogP contribution in [0.5, 0.6) is 5.75 Å². The van der Waals surface area contributed by atoms with Gasteiger partial charge in [0.15, 0.2) is 0 Å². The maximum Gasteiger partial charge on any atom is 0.304 e. The third-order valence-corrected chi connectivity index (χ3v) is 4.58. The summed E-state index contributed by atoms with van der Waals surface area (Å²) in [6, 6.07) is 3.60. The van der Waals surface area contributed by atoms with E-state index in [0.717, 1.165) is 24.0 Å². The largest absolute Gasteiger partial charge is 0.507 e. The number of phenols is 1. The van der Waals surface area contributed by atoms with Crippen molar-refractivity contribution in [3.63, 3.8) is 0 Å². The molecule has 2 unspecified atom stereocenters. The van der Waals surface area contributed by atoms with Gasteiger partial charge < -0.3 is 20.4 Å². The Balaban J connectivity index is 3.14. The summed E-state index contributed by atoms with van der Waals surface area (Å²) in [6.45, 7) is 7.88. The number of aromatic hydroxyl groups is 1. The quantitative estimate of drug-likeness (QED) is 0.510. The molecule has 0 aliphatic rings. The highest BCUT2D eigenvalue weighted by atomic mass is 16.4. The second-order valence-electron chi connectivity index (χ2n) is 7.83. The van der Waals surface area contributed by atoms with E-state index in [-0.39, 0.29) is 24.2 Å². The van der Waals surface area contributed by atoms with E-state index >= 15 is 0 Å². The van der Waals surface area contributed by atoms with Gasteiger partial charge in [-0.05, 0) is 41.9 Å². The Kier molecular flexibility index (Phi) is 7.90. The first kappa shape index (κ1) is 21.5. The highest BCUT2D eigenvalue weighted by Gasteiger charge is 2.27. The van der Waals surface area contributed by atoms with Gasteiger partial charge in [0.05, 0.1) is 12.5 Å².